The molecule has 2 rings (SSSR count). The second kappa shape index (κ2) is 5.71. The van der Waals surface area contributed by atoms with Crippen molar-refractivity contribution in [2.45, 2.75) is 33.2 Å². The van der Waals surface area contributed by atoms with E-state index >= 15 is 0 Å². The molecule has 0 saturated heterocycles. The van der Waals surface area contributed by atoms with Crippen LogP contribution >= 0.6 is 0 Å². The molecule has 0 fully saturated rings. The van der Waals surface area contributed by atoms with E-state index < -0.39 is 0 Å². The Morgan fingerprint density at radius 2 is 2.05 bits per heavy atom. The van der Waals surface area contributed by atoms with Crippen LogP contribution in [-0.2, 0) is 0 Å². The standard InChI is InChI=1S/C16H19N3/c1-12(2)19(10-6-9-17)16-13(3)11-14-7-4-5-8-15(14)18-16/h4-5,7-8,11-12H,6,10H2,1-3H3. The van der Waals surface area contributed by atoms with Gasteiger partial charge in [-0.05, 0) is 38.5 Å². The van der Waals surface area contributed by atoms with Gasteiger partial charge in [0.2, 0.25) is 0 Å². The highest BCUT2D eigenvalue weighted by Crippen LogP contribution is 2.24. The molecule has 0 aliphatic heterocycles. The summed E-state index contributed by atoms with van der Waals surface area (Å²) >= 11 is 0. The molecule has 0 radical (unpaired) electrons. The van der Waals surface area contributed by atoms with Gasteiger partial charge in [0.15, 0.2) is 0 Å². The number of benzene rings is 1. The zero-order valence-electron chi connectivity index (χ0n) is 11.7. The third-order valence-corrected chi connectivity index (χ3v) is 3.25. The Labute approximate surface area is 114 Å². The summed E-state index contributed by atoms with van der Waals surface area (Å²) < 4.78 is 0. The number of rotatable bonds is 4. The summed E-state index contributed by atoms with van der Waals surface area (Å²) in [6.07, 6.45) is 0.520. The van der Waals surface area contributed by atoms with Crippen molar-refractivity contribution in [3.05, 3.63) is 35.9 Å². The summed E-state index contributed by atoms with van der Waals surface area (Å²) in [7, 11) is 0. The van der Waals surface area contributed by atoms with Gasteiger partial charge in [-0.1, -0.05) is 18.2 Å². The summed E-state index contributed by atoms with van der Waals surface area (Å²) in [6.45, 7) is 7.07. The largest absolute Gasteiger partial charge is 0.353 e. The van der Waals surface area contributed by atoms with Gasteiger partial charge in [0, 0.05) is 18.0 Å². The van der Waals surface area contributed by atoms with Crippen LogP contribution in [0, 0.1) is 18.3 Å². The van der Waals surface area contributed by atoms with Crippen molar-refractivity contribution in [2.75, 3.05) is 11.4 Å². The van der Waals surface area contributed by atoms with Crippen LogP contribution in [0.25, 0.3) is 10.9 Å². The quantitative estimate of drug-likeness (QED) is 0.834. The van der Waals surface area contributed by atoms with Crippen molar-refractivity contribution in [2.24, 2.45) is 0 Å². The molecular formula is C16H19N3. The van der Waals surface area contributed by atoms with Crippen LogP contribution in [0.4, 0.5) is 5.82 Å². The summed E-state index contributed by atoms with van der Waals surface area (Å²) in [5, 5.41) is 9.95. The molecule has 1 aromatic heterocycles. The van der Waals surface area contributed by atoms with Gasteiger partial charge in [-0.25, -0.2) is 4.98 Å². The highest BCUT2D eigenvalue weighted by atomic mass is 15.2. The summed E-state index contributed by atoms with van der Waals surface area (Å²) in [6, 6.07) is 12.8. The van der Waals surface area contributed by atoms with E-state index in [9.17, 15) is 0 Å². The Bertz CT molecular complexity index is 611. The number of aromatic nitrogens is 1. The Morgan fingerprint density at radius 3 is 2.74 bits per heavy atom. The number of pyridine rings is 1. The number of aryl methyl sites for hydroxylation is 1. The predicted octanol–water partition coefficient (Wildman–Crippen LogP) is 3.67. The van der Waals surface area contributed by atoms with Crippen LogP contribution in [-0.4, -0.2) is 17.6 Å². The van der Waals surface area contributed by atoms with Crippen molar-refractivity contribution in [3.8, 4) is 6.07 Å². The highest BCUT2D eigenvalue weighted by Gasteiger charge is 2.14. The number of anilines is 1. The molecule has 1 heterocycles. The molecule has 0 aliphatic rings. The van der Waals surface area contributed by atoms with E-state index in [0.717, 1.165) is 28.8 Å². The lowest BCUT2D eigenvalue weighted by molar-refractivity contribution is 0.676. The van der Waals surface area contributed by atoms with E-state index in [-0.39, 0.29) is 0 Å². The molecular weight excluding hydrogens is 234 g/mol. The number of para-hydroxylation sites is 1. The van der Waals surface area contributed by atoms with Crippen LogP contribution in [0.2, 0.25) is 0 Å². The van der Waals surface area contributed by atoms with E-state index in [1.54, 1.807) is 0 Å². The Kier molecular flexibility index (Phi) is 4.01. The minimum absolute atomic E-state index is 0.334. The Hall–Kier alpha value is -2.08. The van der Waals surface area contributed by atoms with Gasteiger partial charge < -0.3 is 4.90 Å². The summed E-state index contributed by atoms with van der Waals surface area (Å²) in [4.78, 5) is 6.97. The molecule has 0 N–H and O–H groups in total. The maximum atomic E-state index is 8.79. The predicted molar refractivity (Wildman–Crippen MR) is 79.2 cm³/mol. The molecule has 0 spiro atoms. The van der Waals surface area contributed by atoms with Gasteiger partial charge >= 0.3 is 0 Å². The molecule has 3 heteroatoms. The topological polar surface area (TPSA) is 39.9 Å². The lowest BCUT2D eigenvalue weighted by atomic mass is 10.1. The van der Waals surface area contributed by atoms with Gasteiger partial charge in [0.25, 0.3) is 0 Å². The summed E-state index contributed by atoms with van der Waals surface area (Å²) in [5.41, 5.74) is 2.16. The van der Waals surface area contributed by atoms with Gasteiger partial charge in [-0.15, -0.1) is 0 Å². The van der Waals surface area contributed by atoms with Crippen molar-refractivity contribution >= 4 is 16.7 Å². The minimum Gasteiger partial charge on any atom is -0.353 e. The molecule has 98 valence electrons. The van der Waals surface area contributed by atoms with E-state index in [1.807, 2.05) is 18.2 Å². The SMILES string of the molecule is Cc1cc2ccccc2nc1N(CCC#N)C(C)C. The van der Waals surface area contributed by atoms with Crippen LogP contribution in [0.1, 0.15) is 25.8 Å². The van der Waals surface area contributed by atoms with Crippen molar-refractivity contribution < 1.29 is 0 Å². The molecule has 1 aromatic carbocycles. The average molecular weight is 253 g/mol. The molecule has 0 bridgehead atoms. The zero-order valence-corrected chi connectivity index (χ0v) is 11.7. The zero-order chi connectivity index (χ0) is 13.8. The fourth-order valence-electron chi connectivity index (χ4n) is 2.28. The number of hydrogen-bond acceptors (Lipinski definition) is 3. The van der Waals surface area contributed by atoms with Crippen molar-refractivity contribution in [1.82, 2.24) is 4.98 Å². The fourth-order valence-corrected chi connectivity index (χ4v) is 2.28. The number of hydrogen-bond donors (Lipinski definition) is 0. The van der Waals surface area contributed by atoms with Gasteiger partial charge in [0.05, 0.1) is 18.0 Å². The van der Waals surface area contributed by atoms with Crippen LogP contribution in [0.15, 0.2) is 30.3 Å². The molecule has 0 atom stereocenters. The first-order valence-electron chi connectivity index (χ1n) is 6.63. The third kappa shape index (κ3) is 2.85. The van der Waals surface area contributed by atoms with E-state index in [2.05, 4.69) is 43.9 Å². The average Bonchev–Trinajstić information content (AvgIpc) is 2.39. The van der Waals surface area contributed by atoms with Crippen molar-refractivity contribution in [3.63, 3.8) is 0 Å². The molecule has 19 heavy (non-hydrogen) atoms. The second-order valence-electron chi connectivity index (χ2n) is 5.02. The van der Waals surface area contributed by atoms with E-state index in [0.29, 0.717) is 12.5 Å². The van der Waals surface area contributed by atoms with Crippen LogP contribution in [0.3, 0.4) is 0 Å². The normalized spacial score (nSPS) is 10.7. The molecule has 0 saturated carbocycles. The lowest BCUT2D eigenvalue weighted by Crippen LogP contribution is -2.33. The van der Waals surface area contributed by atoms with E-state index in [4.69, 9.17) is 10.2 Å². The van der Waals surface area contributed by atoms with Crippen LogP contribution in [0.5, 0.6) is 0 Å². The number of nitriles is 1. The second-order valence-corrected chi connectivity index (χ2v) is 5.02. The Balaban J connectivity index is 2.47. The smallest absolute Gasteiger partial charge is 0.132 e. The number of nitrogens with zero attached hydrogens (tertiary/aromatic N) is 3. The Morgan fingerprint density at radius 1 is 1.32 bits per heavy atom. The molecule has 0 aliphatic carbocycles. The van der Waals surface area contributed by atoms with Gasteiger partial charge in [0.1, 0.15) is 5.82 Å². The lowest BCUT2D eigenvalue weighted by Gasteiger charge is -2.28. The molecule has 0 amide bonds. The molecule has 3 nitrogen and oxygen atoms in total. The molecule has 0 unspecified atom stereocenters. The maximum absolute atomic E-state index is 8.79. The van der Waals surface area contributed by atoms with Crippen LogP contribution < -0.4 is 4.90 Å². The van der Waals surface area contributed by atoms with E-state index in [1.165, 1.54) is 0 Å². The van der Waals surface area contributed by atoms with Gasteiger partial charge in [-0.2, -0.15) is 5.26 Å². The summed E-state index contributed by atoms with van der Waals surface area (Å²) in [5.74, 6) is 0.990. The van der Waals surface area contributed by atoms with Crippen molar-refractivity contribution in [1.29, 1.82) is 5.26 Å². The molecule has 2 aromatic rings. The maximum Gasteiger partial charge on any atom is 0.132 e. The first kappa shape index (κ1) is 13.4. The first-order valence-corrected chi connectivity index (χ1v) is 6.63. The fraction of sp³-hybridized carbons (Fsp3) is 0.375. The monoisotopic (exact) mass is 253 g/mol. The van der Waals surface area contributed by atoms with Gasteiger partial charge in [-0.3, -0.25) is 0 Å². The highest BCUT2D eigenvalue weighted by molar-refractivity contribution is 5.81. The number of fused-ring (bicyclic) bond motifs is 1. The third-order valence-electron chi connectivity index (χ3n) is 3.25. The first-order chi connectivity index (χ1) is 9.13. The minimum atomic E-state index is 0.334.